The lowest BCUT2D eigenvalue weighted by molar-refractivity contribution is -0.141. The standard InChI is InChI=1S/C23H29F3N6O2/c1-15-6-10-32(11-7-15)20-16(4-5-19(30-20)23(24,25)26)13-28-22(33)29-17-12-18(34-2)21(27-14-17)31-8-3-9-31/h4-5,12,14-15H,3,6-11,13H2,1-2H3,(H2,28,29,33). The molecule has 2 fully saturated rings. The van der Waals surface area contributed by atoms with Crippen LogP contribution in [0.5, 0.6) is 5.75 Å². The van der Waals surface area contributed by atoms with E-state index in [0.717, 1.165) is 44.2 Å². The van der Waals surface area contributed by atoms with Crippen LogP contribution in [-0.2, 0) is 12.7 Å². The number of piperidine rings is 1. The van der Waals surface area contributed by atoms with E-state index >= 15 is 0 Å². The molecular formula is C23H29F3N6O2. The summed E-state index contributed by atoms with van der Waals surface area (Å²) in [7, 11) is 1.55. The van der Waals surface area contributed by atoms with Gasteiger partial charge in [-0.2, -0.15) is 13.2 Å². The number of carbonyl (C=O) groups is 1. The molecule has 2 saturated heterocycles. The van der Waals surface area contributed by atoms with Gasteiger partial charge in [-0.15, -0.1) is 0 Å². The second-order valence-corrected chi connectivity index (χ2v) is 8.74. The number of ether oxygens (including phenoxy) is 1. The molecule has 8 nitrogen and oxygen atoms in total. The van der Waals surface area contributed by atoms with E-state index in [-0.39, 0.29) is 12.4 Å². The number of anilines is 3. The second-order valence-electron chi connectivity index (χ2n) is 8.74. The molecule has 4 rings (SSSR count). The third-order valence-corrected chi connectivity index (χ3v) is 6.24. The first-order chi connectivity index (χ1) is 16.2. The largest absolute Gasteiger partial charge is 0.493 e. The fourth-order valence-electron chi connectivity index (χ4n) is 4.04. The number of halogens is 3. The van der Waals surface area contributed by atoms with Crippen LogP contribution < -0.4 is 25.2 Å². The van der Waals surface area contributed by atoms with Gasteiger partial charge in [0, 0.05) is 44.4 Å². The van der Waals surface area contributed by atoms with Crippen LogP contribution in [0.3, 0.4) is 0 Å². The van der Waals surface area contributed by atoms with E-state index in [9.17, 15) is 18.0 Å². The summed E-state index contributed by atoms with van der Waals surface area (Å²) in [6, 6.07) is 3.53. The number of rotatable bonds is 6. The molecule has 34 heavy (non-hydrogen) atoms. The fourth-order valence-corrected chi connectivity index (χ4v) is 4.04. The smallest absolute Gasteiger partial charge is 0.433 e. The fraction of sp³-hybridized carbons (Fsp3) is 0.522. The molecule has 184 valence electrons. The van der Waals surface area contributed by atoms with E-state index in [1.54, 1.807) is 19.4 Å². The quantitative estimate of drug-likeness (QED) is 0.645. The third-order valence-electron chi connectivity index (χ3n) is 6.24. The van der Waals surface area contributed by atoms with Crippen LogP contribution in [0.25, 0.3) is 0 Å². The Morgan fingerprint density at radius 2 is 1.85 bits per heavy atom. The predicted octanol–water partition coefficient (Wildman–Crippen LogP) is 4.27. The molecule has 2 amide bonds. The normalized spacial score (nSPS) is 16.7. The number of aromatic nitrogens is 2. The van der Waals surface area contributed by atoms with Crippen molar-refractivity contribution >= 4 is 23.4 Å². The van der Waals surface area contributed by atoms with E-state index < -0.39 is 17.9 Å². The highest BCUT2D eigenvalue weighted by molar-refractivity contribution is 5.89. The molecule has 0 aliphatic carbocycles. The van der Waals surface area contributed by atoms with Crippen LogP contribution in [0.4, 0.5) is 35.3 Å². The molecule has 0 bridgehead atoms. The minimum absolute atomic E-state index is 0.0365. The number of nitrogens with zero attached hydrogens (tertiary/aromatic N) is 4. The Kier molecular flexibility index (Phi) is 6.99. The Balaban J connectivity index is 1.44. The topological polar surface area (TPSA) is 82.6 Å². The van der Waals surface area contributed by atoms with Gasteiger partial charge >= 0.3 is 12.2 Å². The van der Waals surface area contributed by atoms with E-state index in [1.165, 1.54) is 6.07 Å². The van der Waals surface area contributed by atoms with Gasteiger partial charge in [0.15, 0.2) is 11.6 Å². The van der Waals surface area contributed by atoms with Crippen molar-refractivity contribution in [1.29, 1.82) is 0 Å². The van der Waals surface area contributed by atoms with Gasteiger partial charge in [0.1, 0.15) is 11.5 Å². The van der Waals surface area contributed by atoms with Crippen molar-refractivity contribution in [2.45, 2.75) is 38.9 Å². The van der Waals surface area contributed by atoms with Crippen LogP contribution >= 0.6 is 0 Å². The zero-order valence-corrected chi connectivity index (χ0v) is 19.3. The van der Waals surface area contributed by atoms with Crippen molar-refractivity contribution in [3.05, 3.63) is 35.7 Å². The number of alkyl halides is 3. The minimum Gasteiger partial charge on any atom is -0.493 e. The van der Waals surface area contributed by atoms with Crippen molar-refractivity contribution in [1.82, 2.24) is 15.3 Å². The Labute approximate surface area is 196 Å². The van der Waals surface area contributed by atoms with Crippen LogP contribution in [-0.4, -0.2) is 49.3 Å². The number of hydrogen-bond acceptors (Lipinski definition) is 6. The lowest BCUT2D eigenvalue weighted by Gasteiger charge is -2.33. The van der Waals surface area contributed by atoms with Crippen molar-refractivity contribution < 1.29 is 22.7 Å². The molecule has 0 unspecified atom stereocenters. The Morgan fingerprint density at radius 1 is 1.15 bits per heavy atom. The van der Waals surface area contributed by atoms with Gasteiger partial charge < -0.3 is 25.2 Å². The summed E-state index contributed by atoms with van der Waals surface area (Å²) < 4.78 is 45.2. The second kappa shape index (κ2) is 9.94. The van der Waals surface area contributed by atoms with Gasteiger partial charge in [0.2, 0.25) is 0 Å². The average Bonchev–Trinajstić information content (AvgIpc) is 2.77. The number of hydrogen-bond donors (Lipinski definition) is 2. The molecule has 0 saturated carbocycles. The van der Waals surface area contributed by atoms with Crippen LogP contribution in [0.15, 0.2) is 24.4 Å². The maximum atomic E-state index is 13.3. The molecule has 0 aromatic carbocycles. The summed E-state index contributed by atoms with van der Waals surface area (Å²) >= 11 is 0. The van der Waals surface area contributed by atoms with Gasteiger partial charge in [-0.3, -0.25) is 0 Å². The number of pyridine rings is 2. The summed E-state index contributed by atoms with van der Waals surface area (Å²) in [5.74, 6) is 2.08. The summed E-state index contributed by atoms with van der Waals surface area (Å²) in [6.45, 7) is 5.25. The first-order valence-corrected chi connectivity index (χ1v) is 11.4. The van der Waals surface area contributed by atoms with Crippen LogP contribution in [0.1, 0.15) is 37.4 Å². The maximum absolute atomic E-state index is 13.3. The first-order valence-electron chi connectivity index (χ1n) is 11.4. The molecule has 2 aliphatic rings. The molecular weight excluding hydrogens is 449 g/mol. The van der Waals surface area contributed by atoms with Gasteiger partial charge in [-0.25, -0.2) is 14.8 Å². The zero-order chi connectivity index (χ0) is 24.3. The number of amides is 2. The molecule has 2 aromatic heterocycles. The van der Waals surface area contributed by atoms with Crippen molar-refractivity contribution in [2.75, 3.05) is 48.4 Å². The van der Waals surface area contributed by atoms with Gasteiger partial charge in [-0.05, 0) is 31.2 Å². The highest BCUT2D eigenvalue weighted by Crippen LogP contribution is 2.33. The molecule has 0 spiro atoms. The number of urea groups is 1. The molecule has 0 atom stereocenters. The van der Waals surface area contributed by atoms with Crippen LogP contribution in [0.2, 0.25) is 0 Å². The van der Waals surface area contributed by atoms with Crippen molar-refractivity contribution in [3.8, 4) is 5.75 Å². The minimum atomic E-state index is -4.53. The van der Waals surface area contributed by atoms with Gasteiger partial charge in [0.05, 0.1) is 19.0 Å². The van der Waals surface area contributed by atoms with E-state index in [0.29, 0.717) is 36.0 Å². The maximum Gasteiger partial charge on any atom is 0.433 e. The molecule has 2 N–H and O–H groups in total. The molecule has 2 aromatic rings. The number of nitrogens with one attached hydrogen (secondary N) is 2. The Hall–Kier alpha value is -3.24. The van der Waals surface area contributed by atoms with Gasteiger partial charge in [-0.1, -0.05) is 13.0 Å². The SMILES string of the molecule is COc1cc(NC(=O)NCc2ccc(C(F)(F)F)nc2N2CCC(C)CC2)cnc1N1CCC1. The lowest BCUT2D eigenvalue weighted by Crippen LogP contribution is -2.38. The van der Waals surface area contributed by atoms with E-state index in [2.05, 4.69) is 32.4 Å². The Bertz CT molecular complexity index is 1020. The Morgan fingerprint density at radius 3 is 2.47 bits per heavy atom. The van der Waals surface area contributed by atoms with Gasteiger partial charge in [0.25, 0.3) is 0 Å². The highest BCUT2D eigenvalue weighted by atomic mass is 19.4. The highest BCUT2D eigenvalue weighted by Gasteiger charge is 2.34. The molecule has 2 aliphatic heterocycles. The average molecular weight is 479 g/mol. The molecule has 0 radical (unpaired) electrons. The summed E-state index contributed by atoms with van der Waals surface area (Å²) in [6.07, 6.45) is -0.114. The monoisotopic (exact) mass is 478 g/mol. The molecule has 4 heterocycles. The van der Waals surface area contributed by atoms with E-state index in [4.69, 9.17) is 4.74 Å². The van der Waals surface area contributed by atoms with E-state index in [1.807, 2.05) is 4.90 Å². The third kappa shape index (κ3) is 5.45. The first kappa shape index (κ1) is 23.9. The van der Waals surface area contributed by atoms with Crippen LogP contribution in [0, 0.1) is 5.92 Å². The number of methoxy groups -OCH3 is 1. The molecule has 11 heteroatoms. The van der Waals surface area contributed by atoms with Crippen molar-refractivity contribution in [2.24, 2.45) is 5.92 Å². The summed E-state index contributed by atoms with van der Waals surface area (Å²) in [4.78, 5) is 24.8. The summed E-state index contributed by atoms with van der Waals surface area (Å²) in [5, 5.41) is 5.42. The lowest BCUT2D eigenvalue weighted by atomic mass is 9.99. The van der Waals surface area contributed by atoms with Crippen molar-refractivity contribution in [3.63, 3.8) is 0 Å². The number of carbonyl (C=O) groups excluding carboxylic acids is 1. The summed E-state index contributed by atoms with van der Waals surface area (Å²) in [5.41, 5.74) is 0.0470. The predicted molar refractivity (Wildman–Crippen MR) is 123 cm³/mol. The zero-order valence-electron chi connectivity index (χ0n) is 19.3.